The van der Waals surface area contributed by atoms with Gasteiger partial charge in [0.2, 0.25) is 0 Å². The zero-order chi connectivity index (χ0) is 14.3. The maximum Gasteiger partial charge on any atom is 0.127 e. The minimum Gasteiger partial charge on any atom is -0.496 e. The summed E-state index contributed by atoms with van der Waals surface area (Å²) in [4.78, 5) is 1.23. The smallest absolute Gasteiger partial charge is 0.127 e. The number of fused-ring (bicyclic) bond motifs is 1. The van der Waals surface area contributed by atoms with Gasteiger partial charge in [-0.05, 0) is 52.7 Å². The van der Waals surface area contributed by atoms with E-state index in [4.69, 9.17) is 4.74 Å². The Bertz CT molecular complexity index is 793. The largest absolute Gasteiger partial charge is 0.496 e. The van der Waals surface area contributed by atoms with Gasteiger partial charge in [0.1, 0.15) is 5.75 Å². The number of aryl methyl sites for hydroxylation is 1. The Balaban J connectivity index is 2.25. The molecule has 3 aromatic rings. The zero-order valence-corrected chi connectivity index (χ0v) is 15.0. The van der Waals surface area contributed by atoms with Crippen LogP contribution in [0.25, 0.3) is 20.5 Å². The molecule has 0 aliphatic carbocycles. The van der Waals surface area contributed by atoms with Gasteiger partial charge >= 0.3 is 0 Å². The van der Waals surface area contributed by atoms with Crippen LogP contribution in [-0.4, -0.2) is 7.11 Å². The normalized spacial score (nSPS) is 11.0. The van der Waals surface area contributed by atoms with Gasteiger partial charge in [0.25, 0.3) is 0 Å². The number of hydrogen-bond donors (Lipinski definition) is 0. The van der Waals surface area contributed by atoms with Crippen LogP contribution in [0, 0.1) is 6.92 Å². The van der Waals surface area contributed by atoms with Crippen molar-refractivity contribution in [3.8, 4) is 16.2 Å². The summed E-state index contributed by atoms with van der Waals surface area (Å²) in [6.07, 6.45) is 0. The first-order valence-electron chi connectivity index (χ1n) is 6.12. The van der Waals surface area contributed by atoms with Crippen LogP contribution >= 0.6 is 43.2 Å². The average molecular weight is 412 g/mol. The van der Waals surface area contributed by atoms with Gasteiger partial charge in [0.05, 0.1) is 11.8 Å². The van der Waals surface area contributed by atoms with E-state index in [1.54, 1.807) is 18.4 Å². The highest BCUT2D eigenvalue weighted by molar-refractivity contribution is 9.11. The first-order valence-corrected chi connectivity index (χ1v) is 8.53. The summed E-state index contributed by atoms with van der Waals surface area (Å²) in [6.45, 7) is 2.10. The highest BCUT2D eigenvalue weighted by Gasteiger charge is 2.13. The van der Waals surface area contributed by atoms with Crippen molar-refractivity contribution in [1.29, 1.82) is 0 Å². The molecule has 0 amide bonds. The molecule has 0 unspecified atom stereocenters. The highest BCUT2D eigenvalue weighted by Crippen LogP contribution is 2.43. The van der Waals surface area contributed by atoms with Gasteiger partial charge in [0.15, 0.2) is 0 Å². The first-order chi connectivity index (χ1) is 9.60. The molecule has 0 saturated carbocycles. The molecule has 2 aromatic carbocycles. The molecule has 0 aliphatic rings. The Hall–Kier alpha value is -0.840. The Morgan fingerprint density at radius 3 is 2.50 bits per heavy atom. The van der Waals surface area contributed by atoms with E-state index in [-0.39, 0.29) is 0 Å². The summed E-state index contributed by atoms with van der Waals surface area (Å²) >= 11 is 9.05. The van der Waals surface area contributed by atoms with Crippen molar-refractivity contribution in [3.05, 3.63) is 50.9 Å². The molecule has 4 heteroatoms. The van der Waals surface area contributed by atoms with Crippen LogP contribution < -0.4 is 4.74 Å². The molecule has 20 heavy (non-hydrogen) atoms. The van der Waals surface area contributed by atoms with Gasteiger partial charge in [0, 0.05) is 24.8 Å². The Morgan fingerprint density at radius 2 is 1.80 bits per heavy atom. The highest BCUT2D eigenvalue weighted by atomic mass is 79.9. The minimum absolute atomic E-state index is 0.911. The fourth-order valence-corrected chi connectivity index (χ4v) is 4.74. The molecular formula is C16H12Br2OS. The van der Waals surface area contributed by atoms with Crippen molar-refractivity contribution >= 4 is 53.3 Å². The lowest BCUT2D eigenvalue weighted by Crippen LogP contribution is -1.82. The molecule has 0 aliphatic heterocycles. The summed E-state index contributed by atoms with van der Waals surface area (Å²) in [7, 11) is 1.71. The molecule has 0 spiro atoms. The van der Waals surface area contributed by atoms with Crippen LogP contribution in [0.3, 0.4) is 0 Å². The van der Waals surface area contributed by atoms with Crippen LogP contribution in [0.5, 0.6) is 5.75 Å². The van der Waals surface area contributed by atoms with Gasteiger partial charge in [-0.25, -0.2) is 0 Å². The Kier molecular flexibility index (Phi) is 3.89. The van der Waals surface area contributed by atoms with E-state index in [0.29, 0.717) is 0 Å². The molecule has 0 N–H and O–H groups in total. The average Bonchev–Trinajstić information content (AvgIpc) is 2.85. The molecule has 0 bridgehead atoms. The number of benzene rings is 2. The van der Waals surface area contributed by atoms with Crippen LogP contribution in [0.1, 0.15) is 5.56 Å². The van der Waals surface area contributed by atoms with Gasteiger partial charge in [-0.1, -0.05) is 28.1 Å². The molecule has 1 nitrogen and oxygen atoms in total. The maximum absolute atomic E-state index is 5.46. The second-order valence-corrected chi connectivity index (χ2v) is 7.35. The van der Waals surface area contributed by atoms with Gasteiger partial charge in [-0.15, -0.1) is 11.3 Å². The van der Waals surface area contributed by atoms with E-state index >= 15 is 0 Å². The topological polar surface area (TPSA) is 9.23 Å². The number of rotatable bonds is 2. The quantitative estimate of drug-likeness (QED) is 0.473. The second-order valence-electron chi connectivity index (χ2n) is 4.59. The van der Waals surface area contributed by atoms with Crippen molar-refractivity contribution in [1.82, 2.24) is 0 Å². The fourth-order valence-electron chi connectivity index (χ4n) is 2.20. The Morgan fingerprint density at radius 1 is 1.00 bits per heavy atom. The number of hydrogen-bond acceptors (Lipinski definition) is 2. The summed E-state index contributed by atoms with van der Waals surface area (Å²) < 4.78 is 8.90. The van der Waals surface area contributed by atoms with E-state index < -0.39 is 0 Å². The summed E-state index contributed by atoms with van der Waals surface area (Å²) in [5.74, 6) is 0.911. The van der Waals surface area contributed by atoms with Crippen molar-refractivity contribution in [2.24, 2.45) is 0 Å². The minimum atomic E-state index is 0.911. The lowest BCUT2D eigenvalue weighted by Gasteiger charge is -2.02. The summed E-state index contributed by atoms with van der Waals surface area (Å²) in [6, 6.07) is 12.7. The van der Waals surface area contributed by atoms with E-state index in [9.17, 15) is 0 Å². The number of ether oxygens (including phenoxy) is 1. The third kappa shape index (κ3) is 2.41. The van der Waals surface area contributed by atoms with Gasteiger partial charge < -0.3 is 4.74 Å². The number of halogens is 2. The SMILES string of the molecule is COc1ccc(Br)c2sc(-c3ccc(C)cc3Br)cc12. The van der Waals surface area contributed by atoms with Gasteiger partial charge in [-0.3, -0.25) is 0 Å². The maximum atomic E-state index is 5.46. The van der Waals surface area contributed by atoms with E-state index in [0.717, 1.165) is 20.1 Å². The lowest BCUT2D eigenvalue weighted by atomic mass is 10.1. The van der Waals surface area contributed by atoms with E-state index in [1.165, 1.54) is 20.7 Å². The van der Waals surface area contributed by atoms with Crippen LogP contribution in [-0.2, 0) is 0 Å². The predicted octanol–water partition coefficient (Wildman–Crippen LogP) is 6.41. The van der Waals surface area contributed by atoms with Crippen LogP contribution in [0.4, 0.5) is 0 Å². The Labute approximate surface area is 138 Å². The lowest BCUT2D eigenvalue weighted by molar-refractivity contribution is 0.420. The predicted molar refractivity (Wildman–Crippen MR) is 94.0 cm³/mol. The molecular weight excluding hydrogens is 400 g/mol. The molecule has 3 rings (SSSR count). The zero-order valence-electron chi connectivity index (χ0n) is 11.0. The fraction of sp³-hybridized carbons (Fsp3) is 0.125. The molecule has 0 fully saturated rings. The van der Waals surface area contributed by atoms with Crippen molar-refractivity contribution in [2.45, 2.75) is 6.92 Å². The number of thiophene rings is 1. The second kappa shape index (κ2) is 5.51. The summed E-state index contributed by atoms with van der Waals surface area (Å²) in [5, 5.41) is 1.15. The standard InChI is InChI=1S/C16H12Br2OS/c1-9-3-4-10(13(18)7-9)15-8-11-14(19-2)6-5-12(17)16(11)20-15/h3-8H,1-2H3. The third-order valence-electron chi connectivity index (χ3n) is 3.21. The summed E-state index contributed by atoms with van der Waals surface area (Å²) in [5.41, 5.74) is 2.46. The van der Waals surface area contributed by atoms with Gasteiger partial charge in [-0.2, -0.15) is 0 Å². The number of methoxy groups -OCH3 is 1. The molecule has 0 saturated heterocycles. The van der Waals surface area contributed by atoms with Crippen molar-refractivity contribution < 1.29 is 4.74 Å². The molecule has 0 radical (unpaired) electrons. The molecule has 0 atom stereocenters. The third-order valence-corrected chi connectivity index (χ3v) is 5.99. The monoisotopic (exact) mass is 410 g/mol. The van der Waals surface area contributed by atoms with Crippen molar-refractivity contribution in [2.75, 3.05) is 7.11 Å². The van der Waals surface area contributed by atoms with Crippen LogP contribution in [0.2, 0.25) is 0 Å². The molecule has 1 heterocycles. The van der Waals surface area contributed by atoms with E-state index in [1.807, 2.05) is 12.1 Å². The van der Waals surface area contributed by atoms with E-state index in [2.05, 4.69) is 63.0 Å². The van der Waals surface area contributed by atoms with Crippen LogP contribution in [0.15, 0.2) is 45.3 Å². The van der Waals surface area contributed by atoms with Crippen molar-refractivity contribution in [3.63, 3.8) is 0 Å². The molecule has 1 aromatic heterocycles. The first kappa shape index (κ1) is 14.1. The molecule has 102 valence electrons.